The van der Waals surface area contributed by atoms with Crippen LogP contribution < -0.4 is 11.1 Å². The molecule has 166 valence electrons. The highest BCUT2D eigenvalue weighted by molar-refractivity contribution is 6.30. The van der Waals surface area contributed by atoms with Gasteiger partial charge in [-0.05, 0) is 18.6 Å². The normalized spacial score (nSPS) is 25.0. The number of nitrogens with one attached hydrogen (secondary N) is 1. The lowest BCUT2D eigenvalue weighted by molar-refractivity contribution is -0.0426. The molecule has 1 fully saturated rings. The lowest BCUT2D eigenvalue weighted by atomic mass is 9.65. The van der Waals surface area contributed by atoms with Crippen molar-refractivity contribution in [3.05, 3.63) is 40.5 Å². The van der Waals surface area contributed by atoms with E-state index in [0.29, 0.717) is 35.1 Å². The Morgan fingerprint density at radius 2 is 2.06 bits per heavy atom. The number of aromatic nitrogens is 2. The quantitative estimate of drug-likeness (QED) is 0.729. The minimum Gasteiger partial charge on any atom is -0.365 e. The molecule has 1 aliphatic heterocycles. The van der Waals surface area contributed by atoms with Crippen LogP contribution in [-0.4, -0.2) is 51.0 Å². The summed E-state index contributed by atoms with van der Waals surface area (Å²) in [4.78, 5) is 26.6. The van der Waals surface area contributed by atoms with Crippen molar-refractivity contribution in [2.24, 2.45) is 5.73 Å². The lowest BCUT2D eigenvalue weighted by Gasteiger charge is -2.50. The van der Waals surface area contributed by atoms with E-state index in [1.807, 2.05) is 0 Å². The number of hydrogen-bond acceptors (Lipinski definition) is 3. The zero-order valence-corrected chi connectivity index (χ0v) is 17.9. The van der Waals surface area contributed by atoms with Crippen molar-refractivity contribution in [1.82, 2.24) is 20.0 Å². The van der Waals surface area contributed by atoms with Gasteiger partial charge < -0.3 is 16.0 Å². The zero-order valence-electron chi connectivity index (χ0n) is 17.1. The molecule has 1 aromatic heterocycles. The van der Waals surface area contributed by atoms with E-state index >= 15 is 0 Å². The van der Waals surface area contributed by atoms with Crippen LogP contribution in [0.25, 0.3) is 11.3 Å². The van der Waals surface area contributed by atoms with Gasteiger partial charge in [-0.1, -0.05) is 30.7 Å². The summed E-state index contributed by atoms with van der Waals surface area (Å²) in [6.07, 6.45) is 0.188. The van der Waals surface area contributed by atoms with Crippen LogP contribution in [0, 0.1) is 0 Å². The second kappa shape index (κ2) is 7.78. The van der Waals surface area contributed by atoms with Crippen LogP contribution >= 0.6 is 11.6 Å². The van der Waals surface area contributed by atoms with E-state index in [9.17, 15) is 18.4 Å². The Morgan fingerprint density at radius 3 is 2.68 bits per heavy atom. The molecule has 4 rings (SSSR count). The van der Waals surface area contributed by atoms with Crippen LogP contribution in [-0.2, 0) is 13.1 Å². The Labute approximate surface area is 183 Å². The van der Waals surface area contributed by atoms with E-state index in [4.69, 9.17) is 17.3 Å². The molecule has 3 N–H and O–H groups in total. The summed E-state index contributed by atoms with van der Waals surface area (Å²) in [6, 6.07) is 6.42. The molecular weight excluding hydrogens is 428 g/mol. The lowest BCUT2D eigenvalue weighted by Crippen LogP contribution is -2.66. The third kappa shape index (κ3) is 3.86. The highest BCUT2D eigenvalue weighted by Crippen LogP contribution is 2.47. The molecule has 3 amide bonds. The number of hydrogen-bond donors (Lipinski definition) is 2. The first kappa shape index (κ1) is 21.5. The molecule has 1 aliphatic carbocycles. The number of nitrogens with two attached hydrogens (primary N) is 1. The fourth-order valence-corrected chi connectivity index (χ4v) is 4.71. The van der Waals surface area contributed by atoms with Gasteiger partial charge in [0.25, 0.3) is 5.91 Å². The van der Waals surface area contributed by atoms with Crippen molar-refractivity contribution in [1.29, 1.82) is 0 Å². The fourth-order valence-electron chi connectivity index (χ4n) is 4.52. The average Bonchev–Trinajstić information content (AvgIpc) is 3.11. The predicted molar refractivity (Wildman–Crippen MR) is 112 cm³/mol. The Kier molecular flexibility index (Phi) is 5.41. The number of alkyl halides is 2. The predicted octanol–water partition coefficient (Wildman–Crippen LogP) is 3.45. The number of nitrogens with zero attached hydrogens (tertiary/aromatic N) is 3. The Hall–Kier alpha value is -2.68. The molecule has 7 nitrogen and oxygen atoms in total. The van der Waals surface area contributed by atoms with Crippen LogP contribution in [0.1, 0.15) is 42.2 Å². The van der Waals surface area contributed by atoms with Crippen molar-refractivity contribution in [2.45, 2.75) is 50.5 Å². The van der Waals surface area contributed by atoms with Gasteiger partial charge in [-0.3, -0.25) is 9.48 Å². The number of fused-ring (bicyclic) bond motifs is 1. The van der Waals surface area contributed by atoms with Gasteiger partial charge in [-0.2, -0.15) is 5.10 Å². The molecule has 1 saturated carbocycles. The summed E-state index contributed by atoms with van der Waals surface area (Å²) in [7, 11) is 0. The van der Waals surface area contributed by atoms with Crippen molar-refractivity contribution >= 4 is 23.5 Å². The van der Waals surface area contributed by atoms with Gasteiger partial charge in [0.15, 0.2) is 0 Å². The summed E-state index contributed by atoms with van der Waals surface area (Å²) in [5.74, 6) is -0.664. The van der Waals surface area contributed by atoms with E-state index in [1.165, 1.54) is 4.90 Å². The molecular formula is C21H24ClF2N5O2. The summed E-state index contributed by atoms with van der Waals surface area (Å²) in [5, 5.41) is 7.68. The average molecular weight is 452 g/mol. The van der Waals surface area contributed by atoms with E-state index in [2.05, 4.69) is 10.4 Å². The van der Waals surface area contributed by atoms with Gasteiger partial charge in [0.05, 0.1) is 29.9 Å². The Bertz CT molecular complexity index is 1030. The number of rotatable bonds is 5. The molecule has 1 aromatic carbocycles. The topological polar surface area (TPSA) is 93.2 Å². The van der Waals surface area contributed by atoms with Gasteiger partial charge >= 0.3 is 6.03 Å². The summed E-state index contributed by atoms with van der Waals surface area (Å²) >= 11 is 6.07. The van der Waals surface area contributed by atoms with E-state index in [1.54, 1.807) is 35.9 Å². The zero-order chi connectivity index (χ0) is 22.4. The van der Waals surface area contributed by atoms with Crippen molar-refractivity contribution in [2.75, 3.05) is 13.2 Å². The molecule has 0 radical (unpaired) electrons. The van der Waals surface area contributed by atoms with Crippen molar-refractivity contribution in [3.63, 3.8) is 0 Å². The van der Waals surface area contributed by atoms with Crippen LogP contribution in [0.3, 0.4) is 0 Å². The van der Waals surface area contributed by atoms with Crippen LogP contribution in [0.2, 0.25) is 5.02 Å². The Balaban J connectivity index is 1.57. The fraction of sp³-hybridized carbons (Fsp3) is 0.476. The molecule has 2 aliphatic rings. The SMILES string of the molecule is CCC1(F)CC(CF)(NC(=O)N2CCn3nc(-c4cccc(Cl)c4)c(C(N)=O)c3C2)C1. The number of amides is 3. The maximum absolute atomic E-state index is 14.3. The monoisotopic (exact) mass is 451 g/mol. The van der Waals surface area contributed by atoms with Crippen molar-refractivity contribution in [3.8, 4) is 11.3 Å². The number of urea groups is 1. The van der Waals surface area contributed by atoms with Crippen molar-refractivity contribution < 1.29 is 18.4 Å². The number of benzene rings is 1. The summed E-state index contributed by atoms with van der Waals surface area (Å²) < 4.78 is 29.6. The first-order chi connectivity index (χ1) is 14.7. The van der Waals surface area contributed by atoms with Crippen LogP contribution in [0.5, 0.6) is 0 Å². The number of halogens is 3. The van der Waals surface area contributed by atoms with Gasteiger partial charge in [0.2, 0.25) is 0 Å². The molecule has 0 bridgehead atoms. The molecule has 2 aromatic rings. The second-order valence-electron chi connectivity index (χ2n) is 8.39. The Morgan fingerprint density at radius 1 is 1.32 bits per heavy atom. The molecule has 0 saturated heterocycles. The van der Waals surface area contributed by atoms with E-state index in [0.717, 1.165) is 0 Å². The van der Waals surface area contributed by atoms with Gasteiger partial charge in [0.1, 0.15) is 18.0 Å². The minimum atomic E-state index is -1.44. The molecule has 10 heteroatoms. The first-order valence-electron chi connectivity index (χ1n) is 10.2. The first-order valence-corrected chi connectivity index (χ1v) is 10.5. The van der Waals surface area contributed by atoms with Gasteiger partial charge in [-0.15, -0.1) is 0 Å². The highest BCUT2D eigenvalue weighted by atomic mass is 35.5. The molecule has 0 spiro atoms. The van der Waals surface area contributed by atoms with Crippen LogP contribution in [0.4, 0.5) is 13.6 Å². The van der Waals surface area contributed by atoms with Crippen LogP contribution in [0.15, 0.2) is 24.3 Å². The van der Waals surface area contributed by atoms with Gasteiger partial charge in [0, 0.05) is 30.0 Å². The number of primary amides is 1. The smallest absolute Gasteiger partial charge is 0.318 e. The second-order valence-corrected chi connectivity index (χ2v) is 8.83. The minimum absolute atomic E-state index is 0.0457. The maximum atomic E-state index is 14.3. The van der Waals surface area contributed by atoms with Gasteiger partial charge in [-0.25, -0.2) is 13.6 Å². The maximum Gasteiger partial charge on any atom is 0.318 e. The molecule has 0 unspecified atom stereocenters. The van der Waals surface area contributed by atoms with E-state index in [-0.39, 0.29) is 31.4 Å². The molecule has 0 atom stereocenters. The molecule has 31 heavy (non-hydrogen) atoms. The van der Waals surface area contributed by atoms with E-state index < -0.39 is 29.8 Å². The third-order valence-corrected chi connectivity index (χ3v) is 6.42. The largest absolute Gasteiger partial charge is 0.365 e. The third-order valence-electron chi connectivity index (χ3n) is 6.18. The molecule has 2 heterocycles. The number of carbonyl (C=O) groups excluding carboxylic acids is 2. The highest BCUT2D eigenvalue weighted by Gasteiger charge is 2.55. The summed E-state index contributed by atoms with van der Waals surface area (Å²) in [6.45, 7) is 1.60. The standard InChI is InChI=1S/C21H24ClF2N5O2/c1-2-20(24)10-21(11-20,12-23)26-19(31)28-6-7-29-15(9-28)16(18(25)30)17(27-29)13-4-3-5-14(22)8-13/h3-5,8H,2,6-7,9-12H2,1H3,(H2,25,30)(H,26,31). The summed E-state index contributed by atoms with van der Waals surface area (Å²) in [5.41, 5.74) is 4.78. The number of carbonyl (C=O) groups is 2.